The van der Waals surface area contributed by atoms with Crippen molar-refractivity contribution in [2.45, 2.75) is 12.8 Å². The lowest BCUT2D eigenvalue weighted by atomic mass is 10.0. The van der Waals surface area contributed by atoms with Crippen molar-refractivity contribution in [1.29, 1.82) is 0 Å². The van der Waals surface area contributed by atoms with Gasteiger partial charge in [-0.05, 0) is 24.1 Å². The van der Waals surface area contributed by atoms with E-state index in [1.807, 2.05) is 12.1 Å². The quantitative estimate of drug-likeness (QED) is 0.875. The van der Waals surface area contributed by atoms with Crippen molar-refractivity contribution in [1.82, 2.24) is 10.6 Å². The molecule has 1 amide bonds. The first-order valence-electron chi connectivity index (χ1n) is 6.06. The molecule has 1 aliphatic rings. The summed E-state index contributed by atoms with van der Waals surface area (Å²) in [5.74, 6) is 0.687. The Morgan fingerprint density at radius 2 is 2.05 bits per heavy atom. The second-order valence-electron chi connectivity index (χ2n) is 4.58. The van der Waals surface area contributed by atoms with Gasteiger partial charge in [-0.3, -0.25) is 4.79 Å². The van der Waals surface area contributed by atoms with Crippen molar-refractivity contribution < 1.29 is 4.79 Å². The van der Waals surface area contributed by atoms with Gasteiger partial charge in [-0.2, -0.15) is 0 Å². The normalized spacial score (nSPS) is 14.4. The Morgan fingerprint density at radius 1 is 1.32 bits per heavy atom. The molecular weight excluding hydrogens is 307 g/mol. The first-order chi connectivity index (χ1) is 8.65. The third-order valence-electron chi connectivity index (χ3n) is 3.08. The molecule has 0 aromatic heterocycles. The molecule has 1 aromatic carbocycles. The fraction of sp³-hybridized carbons (Fsp3) is 0.462. The number of benzene rings is 1. The number of halogens is 3. The van der Waals surface area contributed by atoms with E-state index in [2.05, 4.69) is 10.6 Å². The van der Waals surface area contributed by atoms with Gasteiger partial charge in [0.05, 0.1) is 10.0 Å². The summed E-state index contributed by atoms with van der Waals surface area (Å²) in [6, 6.07) is 5.47. The Morgan fingerprint density at radius 3 is 2.63 bits per heavy atom. The zero-order valence-electron chi connectivity index (χ0n) is 10.4. The van der Waals surface area contributed by atoms with Crippen LogP contribution in [-0.2, 0) is 11.2 Å². The molecule has 1 aliphatic heterocycles. The number of amides is 1. The van der Waals surface area contributed by atoms with Crippen LogP contribution in [0, 0.1) is 5.92 Å². The van der Waals surface area contributed by atoms with E-state index in [1.165, 1.54) is 0 Å². The first-order valence-corrected chi connectivity index (χ1v) is 6.82. The zero-order valence-corrected chi connectivity index (χ0v) is 12.7. The summed E-state index contributed by atoms with van der Waals surface area (Å²) in [6.45, 7) is 2.79. The van der Waals surface area contributed by atoms with Gasteiger partial charge >= 0.3 is 0 Å². The minimum Gasteiger partial charge on any atom is -0.356 e. The smallest absolute Gasteiger partial charge is 0.220 e. The molecule has 0 aliphatic carbocycles. The largest absolute Gasteiger partial charge is 0.356 e. The van der Waals surface area contributed by atoms with Gasteiger partial charge in [0.25, 0.3) is 0 Å². The predicted molar refractivity (Wildman–Crippen MR) is 81.4 cm³/mol. The van der Waals surface area contributed by atoms with Crippen molar-refractivity contribution in [2.75, 3.05) is 19.6 Å². The third kappa shape index (κ3) is 5.19. The molecule has 1 fully saturated rings. The molecule has 1 heterocycles. The zero-order chi connectivity index (χ0) is 13.0. The van der Waals surface area contributed by atoms with Crippen LogP contribution in [0.15, 0.2) is 18.2 Å². The highest BCUT2D eigenvalue weighted by Crippen LogP contribution is 2.23. The van der Waals surface area contributed by atoms with Crippen LogP contribution in [0.5, 0.6) is 0 Å². The average Bonchev–Trinajstić information content (AvgIpc) is 2.29. The highest BCUT2D eigenvalue weighted by atomic mass is 35.5. The number of rotatable bonds is 5. The maximum Gasteiger partial charge on any atom is 0.220 e. The summed E-state index contributed by atoms with van der Waals surface area (Å²) in [5, 5.41) is 7.20. The summed E-state index contributed by atoms with van der Waals surface area (Å²) < 4.78 is 0. The Balaban J connectivity index is 0.00000180. The molecule has 1 aromatic rings. The SMILES string of the molecule is Cl.O=C(CCc1ccc(Cl)c(Cl)c1)NCC1CNC1. The fourth-order valence-corrected chi connectivity index (χ4v) is 2.11. The highest BCUT2D eigenvalue weighted by molar-refractivity contribution is 6.42. The number of hydrogen-bond donors (Lipinski definition) is 2. The van der Waals surface area contributed by atoms with Gasteiger partial charge in [0.1, 0.15) is 0 Å². The van der Waals surface area contributed by atoms with Crippen molar-refractivity contribution in [3.05, 3.63) is 33.8 Å². The van der Waals surface area contributed by atoms with E-state index in [1.54, 1.807) is 6.07 Å². The molecule has 1 saturated heterocycles. The monoisotopic (exact) mass is 322 g/mol. The van der Waals surface area contributed by atoms with Crippen molar-refractivity contribution >= 4 is 41.5 Å². The summed E-state index contributed by atoms with van der Waals surface area (Å²) in [6.07, 6.45) is 1.17. The second kappa shape index (κ2) is 7.95. The molecule has 0 spiro atoms. The van der Waals surface area contributed by atoms with Crippen LogP contribution in [0.4, 0.5) is 0 Å². The Labute approximate surface area is 129 Å². The molecule has 0 radical (unpaired) electrons. The Hall–Kier alpha value is -0.480. The van der Waals surface area contributed by atoms with Crippen molar-refractivity contribution in [3.63, 3.8) is 0 Å². The standard InChI is InChI=1S/C13H16Cl2N2O.ClH/c14-11-3-1-9(5-12(11)15)2-4-13(18)17-8-10-6-16-7-10;/h1,3,5,10,16H,2,4,6-8H2,(H,17,18);1H. The lowest BCUT2D eigenvalue weighted by Crippen LogP contribution is -2.48. The predicted octanol–water partition coefficient (Wildman–Crippen LogP) is 2.68. The van der Waals surface area contributed by atoms with Crippen molar-refractivity contribution in [3.8, 4) is 0 Å². The molecule has 0 atom stereocenters. The van der Waals surface area contributed by atoms with Gasteiger partial charge in [0.2, 0.25) is 5.91 Å². The van der Waals surface area contributed by atoms with E-state index in [-0.39, 0.29) is 18.3 Å². The van der Waals surface area contributed by atoms with E-state index in [0.29, 0.717) is 28.8 Å². The second-order valence-corrected chi connectivity index (χ2v) is 5.39. The first kappa shape index (κ1) is 16.6. The molecule has 6 heteroatoms. The molecule has 19 heavy (non-hydrogen) atoms. The van der Waals surface area contributed by atoms with Crippen LogP contribution in [0.1, 0.15) is 12.0 Å². The molecule has 0 saturated carbocycles. The van der Waals surface area contributed by atoms with E-state index >= 15 is 0 Å². The van der Waals surface area contributed by atoms with Crippen LogP contribution >= 0.6 is 35.6 Å². The van der Waals surface area contributed by atoms with Gasteiger partial charge in [-0.15, -0.1) is 12.4 Å². The number of nitrogens with one attached hydrogen (secondary N) is 2. The van der Waals surface area contributed by atoms with Crippen LogP contribution < -0.4 is 10.6 Å². The van der Waals surface area contributed by atoms with Gasteiger partial charge in [0.15, 0.2) is 0 Å². The lowest BCUT2D eigenvalue weighted by Gasteiger charge is -2.27. The van der Waals surface area contributed by atoms with Crippen LogP contribution in [0.3, 0.4) is 0 Å². The van der Waals surface area contributed by atoms with Gasteiger partial charge in [-0.25, -0.2) is 0 Å². The number of carbonyl (C=O) groups is 1. The van der Waals surface area contributed by atoms with Crippen LogP contribution in [0.2, 0.25) is 10.0 Å². The molecule has 3 nitrogen and oxygen atoms in total. The highest BCUT2D eigenvalue weighted by Gasteiger charge is 2.16. The van der Waals surface area contributed by atoms with Crippen LogP contribution in [0.25, 0.3) is 0 Å². The molecule has 0 bridgehead atoms. The van der Waals surface area contributed by atoms with E-state index in [4.69, 9.17) is 23.2 Å². The number of carbonyl (C=O) groups excluding carboxylic acids is 1. The Kier molecular flexibility index (Phi) is 6.94. The molecule has 2 rings (SSSR count). The van der Waals surface area contributed by atoms with Gasteiger partial charge in [0, 0.05) is 32.0 Å². The Bertz CT molecular complexity index is 436. The minimum absolute atomic E-state index is 0. The summed E-state index contributed by atoms with van der Waals surface area (Å²) in [5.41, 5.74) is 1.03. The summed E-state index contributed by atoms with van der Waals surface area (Å²) >= 11 is 11.8. The van der Waals surface area contributed by atoms with E-state index < -0.39 is 0 Å². The molecule has 0 unspecified atom stereocenters. The van der Waals surface area contributed by atoms with E-state index in [0.717, 1.165) is 25.2 Å². The number of hydrogen-bond acceptors (Lipinski definition) is 2. The van der Waals surface area contributed by atoms with Crippen LogP contribution in [-0.4, -0.2) is 25.5 Å². The lowest BCUT2D eigenvalue weighted by molar-refractivity contribution is -0.121. The topological polar surface area (TPSA) is 41.1 Å². The maximum absolute atomic E-state index is 11.6. The molecule has 106 valence electrons. The minimum atomic E-state index is 0. The van der Waals surface area contributed by atoms with Gasteiger partial charge in [-0.1, -0.05) is 29.3 Å². The molecule has 2 N–H and O–H groups in total. The fourth-order valence-electron chi connectivity index (χ4n) is 1.79. The molecular formula is C13H17Cl3N2O. The van der Waals surface area contributed by atoms with E-state index in [9.17, 15) is 4.79 Å². The maximum atomic E-state index is 11.6. The average molecular weight is 324 g/mol. The summed E-state index contributed by atoms with van der Waals surface area (Å²) in [7, 11) is 0. The van der Waals surface area contributed by atoms with Gasteiger partial charge < -0.3 is 10.6 Å². The summed E-state index contributed by atoms with van der Waals surface area (Å²) in [4.78, 5) is 11.6. The third-order valence-corrected chi connectivity index (χ3v) is 3.82. The number of aryl methyl sites for hydroxylation is 1. The van der Waals surface area contributed by atoms with Crippen molar-refractivity contribution in [2.24, 2.45) is 5.92 Å².